The van der Waals surface area contributed by atoms with Gasteiger partial charge >= 0.3 is 5.63 Å². The van der Waals surface area contributed by atoms with Crippen LogP contribution < -0.4 is 16.3 Å². The lowest BCUT2D eigenvalue weighted by Gasteiger charge is -2.23. The molecule has 10 nitrogen and oxygen atoms in total. The Kier molecular flexibility index (Phi) is 9.74. The SMILES string of the molecule is Cc1cc(C2CCCO2)oc(=O)c1C(=O)N1CCCNC(=O)c2ccc(F)c(c2)-c2cc(ccc2O)CCNC(=O)CCC1. The monoisotopic (exact) mass is 605 g/mol. The summed E-state index contributed by atoms with van der Waals surface area (Å²) >= 11 is 0. The van der Waals surface area contributed by atoms with Crippen LogP contribution in [-0.2, 0) is 16.0 Å². The van der Waals surface area contributed by atoms with Gasteiger partial charge in [0.15, 0.2) is 0 Å². The average Bonchev–Trinajstić information content (AvgIpc) is 3.54. The molecule has 11 heteroatoms. The van der Waals surface area contributed by atoms with Crippen molar-refractivity contribution in [2.24, 2.45) is 0 Å². The molecule has 1 atom stereocenters. The number of rotatable bonds is 2. The highest BCUT2D eigenvalue weighted by Gasteiger charge is 2.27. The summed E-state index contributed by atoms with van der Waals surface area (Å²) in [5.74, 6) is -1.45. The predicted octanol–water partition coefficient (Wildman–Crippen LogP) is 4.03. The number of aryl methyl sites for hydroxylation is 1. The molecule has 1 unspecified atom stereocenters. The molecule has 2 aromatic carbocycles. The van der Waals surface area contributed by atoms with Crippen LogP contribution in [0.1, 0.15) is 75.8 Å². The van der Waals surface area contributed by atoms with E-state index in [-0.39, 0.29) is 66.1 Å². The van der Waals surface area contributed by atoms with Crippen LogP contribution in [0.2, 0.25) is 0 Å². The molecule has 5 rings (SSSR count). The van der Waals surface area contributed by atoms with Gasteiger partial charge in [0.25, 0.3) is 11.8 Å². The maximum Gasteiger partial charge on any atom is 0.349 e. The van der Waals surface area contributed by atoms with E-state index in [1.54, 1.807) is 25.1 Å². The van der Waals surface area contributed by atoms with Crippen LogP contribution in [0.4, 0.5) is 4.39 Å². The predicted molar refractivity (Wildman–Crippen MR) is 160 cm³/mol. The summed E-state index contributed by atoms with van der Waals surface area (Å²) in [5.41, 5.74) is 0.990. The lowest BCUT2D eigenvalue weighted by molar-refractivity contribution is -0.121. The third-order valence-corrected chi connectivity index (χ3v) is 7.95. The number of amides is 3. The lowest BCUT2D eigenvalue weighted by Crippen LogP contribution is -2.38. The zero-order valence-corrected chi connectivity index (χ0v) is 24.6. The van der Waals surface area contributed by atoms with Gasteiger partial charge in [-0.15, -0.1) is 0 Å². The van der Waals surface area contributed by atoms with E-state index in [1.165, 1.54) is 29.2 Å². The molecule has 0 spiro atoms. The quantitative estimate of drug-likeness (QED) is 0.401. The Morgan fingerprint density at radius 2 is 1.77 bits per heavy atom. The first-order valence-corrected chi connectivity index (χ1v) is 14.9. The molecule has 3 amide bonds. The Balaban J connectivity index is 1.36. The fourth-order valence-electron chi connectivity index (χ4n) is 5.59. The van der Waals surface area contributed by atoms with Gasteiger partial charge < -0.3 is 29.8 Å². The fraction of sp³-hybridized carbons (Fsp3) is 0.394. The summed E-state index contributed by atoms with van der Waals surface area (Å²) in [6.07, 6.45) is 2.61. The number of hydrogen-bond acceptors (Lipinski definition) is 7. The van der Waals surface area contributed by atoms with Crippen molar-refractivity contribution in [2.45, 2.75) is 51.6 Å². The van der Waals surface area contributed by atoms with E-state index in [4.69, 9.17) is 9.15 Å². The number of ether oxygens (including phenoxy) is 1. The van der Waals surface area contributed by atoms with Gasteiger partial charge in [0.1, 0.15) is 29.0 Å². The minimum atomic E-state index is -0.732. The minimum Gasteiger partial charge on any atom is -0.507 e. The molecule has 3 N–H and O–H groups in total. The number of benzene rings is 2. The van der Waals surface area contributed by atoms with Crippen molar-refractivity contribution in [3.63, 3.8) is 0 Å². The molecule has 0 radical (unpaired) electrons. The standard InChI is InChI=1S/C33H36FN3O7/c1-20-17-28(27-5-3-16-43-27)44-33(42)30(20)32(41)37-14-2-6-29(39)35-13-11-21-7-10-26(38)24(18-21)23-19-22(8-9-25(23)34)31(40)36-12-4-15-37/h7-10,17-19,27,38H,2-6,11-16H2,1H3,(H,35,39)(H,36,40). The van der Waals surface area contributed by atoms with Crippen molar-refractivity contribution in [3.8, 4) is 16.9 Å². The van der Waals surface area contributed by atoms with Crippen molar-refractivity contribution in [1.29, 1.82) is 0 Å². The van der Waals surface area contributed by atoms with Crippen LogP contribution in [0.25, 0.3) is 11.1 Å². The van der Waals surface area contributed by atoms with E-state index in [0.717, 1.165) is 18.4 Å². The van der Waals surface area contributed by atoms with Gasteiger partial charge in [-0.1, -0.05) is 6.07 Å². The third-order valence-electron chi connectivity index (χ3n) is 7.95. The van der Waals surface area contributed by atoms with Gasteiger partial charge in [-0.3, -0.25) is 14.4 Å². The first-order chi connectivity index (χ1) is 21.2. The molecule has 3 heterocycles. The van der Waals surface area contributed by atoms with Crippen LogP contribution in [0.3, 0.4) is 0 Å². The smallest absolute Gasteiger partial charge is 0.349 e. The summed E-state index contributed by atoms with van der Waals surface area (Å²) in [5, 5.41) is 16.1. The van der Waals surface area contributed by atoms with Crippen molar-refractivity contribution < 1.29 is 33.0 Å². The maximum atomic E-state index is 14.8. The number of nitrogens with zero attached hydrogens (tertiary/aromatic N) is 1. The number of halogens is 1. The van der Waals surface area contributed by atoms with E-state index in [9.17, 15) is 28.7 Å². The second-order valence-electron chi connectivity index (χ2n) is 11.1. The molecule has 0 saturated carbocycles. The molecule has 2 aliphatic rings. The molecule has 2 aliphatic heterocycles. The largest absolute Gasteiger partial charge is 0.507 e. The molecule has 1 saturated heterocycles. The van der Waals surface area contributed by atoms with Crippen molar-refractivity contribution in [3.05, 3.63) is 86.7 Å². The van der Waals surface area contributed by atoms with Crippen molar-refractivity contribution in [2.75, 3.05) is 32.8 Å². The number of aromatic hydroxyl groups is 1. The Hall–Kier alpha value is -4.51. The van der Waals surface area contributed by atoms with Crippen LogP contribution in [0.5, 0.6) is 5.75 Å². The van der Waals surface area contributed by atoms with Gasteiger partial charge in [0.05, 0.1) is 0 Å². The Labute approximate surface area is 254 Å². The minimum absolute atomic E-state index is 0.0672. The molecule has 4 bridgehead atoms. The number of hydrogen-bond donors (Lipinski definition) is 3. The van der Waals surface area contributed by atoms with Crippen LogP contribution >= 0.6 is 0 Å². The zero-order chi connectivity index (χ0) is 31.2. The highest BCUT2D eigenvalue weighted by atomic mass is 19.1. The number of phenolic OH excluding ortho intramolecular Hbond substituents is 1. The summed E-state index contributed by atoms with van der Waals surface area (Å²) in [4.78, 5) is 53.7. The van der Waals surface area contributed by atoms with Crippen LogP contribution in [0, 0.1) is 12.7 Å². The number of carbonyl (C=O) groups excluding carboxylic acids is 3. The Bertz CT molecular complexity index is 1610. The van der Waals surface area contributed by atoms with Gasteiger partial charge in [-0.2, -0.15) is 0 Å². The van der Waals surface area contributed by atoms with Gasteiger partial charge in [-0.25, -0.2) is 9.18 Å². The Morgan fingerprint density at radius 3 is 2.55 bits per heavy atom. The van der Waals surface area contributed by atoms with Crippen molar-refractivity contribution in [1.82, 2.24) is 15.5 Å². The third kappa shape index (κ3) is 7.16. The van der Waals surface area contributed by atoms with Crippen molar-refractivity contribution >= 4 is 17.7 Å². The highest BCUT2D eigenvalue weighted by Crippen LogP contribution is 2.33. The van der Waals surface area contributed by atoms with Gasteiger partial charge in [-0.05, 0) is 86.6 Å². The number of phenols is 1. The van der Waals surface area contributed by atoms with Crippen LogP contribution in [0.15, 0.2) is 51.7 Å². The molecule has 1 aromatic heterocycles. The summed E-state index contributed by atoms with van der Waals surface area (Å²) < 4.78 is 26.0. The molecule has 44 heavy (non-hydrogen) atoms. The maximum absolute atomic E-state index is 14.8. The second-order valence-corrected chi connectivity index (χ2v) is 11.1. The molecular weight excluding hydrogens is 569 g/mol. The first-order valence-electron chi connectivity index (χ1n) is 14.9. The Morgan fingerprint density at radius 1 is 0.955 bits per heavy atom. The van der Waals surface area contributed by atoms with E-state index in [0.29, 0.717) is 43.7 Å². The first kappa shape index (κ1) is 30.9. The normalized spacial score (nSPS) is 18.5. The lowest BCUT2D eigenvalue weighted by atomic mass is 9.98. The summed E-state index contributed by atoms with van der Waals surface area (Å²) in [6.45, 7) is 3.21. The number of nitrogens with one attached hydrogen (secondary N) is 2. The molecular formula is C33H36FN3O7. The number of carbonyl (C=O) groups is 3. The second kappa shape index (κ2) is 13.9. The topological polar surface area (TPSA) is 138 Å². The van der Waals surface area contributed by atoms with Gasteiger partial charge in [0, 0.05) is 55.9 Å². The van der Waals surface area contributed by atoms with E-state index in [2.05, 4.69) is 10.6 Å². The average molecular weight is 606 g/mol. The van der Waals surface area contributed by atoms with Crippen LogP contribution in [-0.4, -0.2) is 60.5 Å². The fourth-order valence-corrected chi connectivity index (χ4v) is 5.59. The molecule has 232 valence electrons. The number of fused-ring (bicyclic) bond motifs is 5. The van der Waals surface area contributed by atoms with E-state index < -0.39 is 23.3 Å². The molecule has 1 fully saturated rings. The molecule has 0 aliphatic carbocycles. The zero-order valence-electron chi connectivity index (χ0n) is 24.6. The summed E-state index contributed by atoms with van der Waals surface area (Å²) in [6, 6.07) is 10.4. The van der Waals surface area contributed by atoms with E-state index >= 15 is 0 Å². The summed E-state index contributed by atoms with van der Waals surface area (Å²) in [7, 11) is 0. The van der Waals surface area contributed by atoms with E-state index in [1.807, 2.05) is 0 Å². The van der Waals surface area contributed by atoms with Gasteiger partial charge in [0.2, 0.25) is 5.91 Å². The highest BCUT2D eigenvalue weighted by molar-refractivity contribution is 5.96. The molecule has 3 aromatic rings.